The van der Waals surface area contributed by atoms with Gasteiger partial charge in [0.15, 0.2) is 5.78 Å². The number of nitrogens with two attached hydrogens (primary N) is 1. The van der Waals surface area contributed by atoms with E-state index in [2.05, 4.69) is 4.98 Å². The zero-order valence-electron chi connectivity index (χ0n) is 12.6. The van der Waals surface area contributed by atoms with E-state index in [0.29, 0.717) is 22.0 Å². The summed E-state index contributed by atoms with van der Waals surface area (Å²) in [5.41, 5.74) is 9.44. The van der Waals surface area contributed by atoms with Crippen molar-refractivity contribution in [1.29, 1.82) is 0 Å². The fourth-order valence-electron chi connectivity index (χ4n) is 2.51. The number of halogens is 1. The number of nitrogens with zero attached hydrogens (tertiary/aromatic N) is 1. The zero-order valence-corrected chi connectivity index (χ0v) is 13.3. The Morgan fingerprint density at radius 2 is 1.83 bits per heavy atom. The van der Waals surface area contributed by atoms with Gasteiger partial charge < -0.3 is 5.73 Å². The number of carbonyl (C=O) groups excluding carboxylic acids is 1. The van der Waals surface area contributed by atoms with Crippen LogP contribution in [0.3, 0.4) is 0 Å². The molecule has 0 amide bonds. The minimum absolute atomic E-state index is 0.159. The van der Waals surface area contributed by atoms with Gasteiger partial charge in [-0.15, -0.1) is 0 Å². The number of allylic oxidation sites excluding steroid dienone is 1. The first-order chi connectivity index (χ1) is 11.1. The molecule has 3 rings (SSSR count). The number of fused-ring (bicyclic) bond motifs is 1. The van der Waals surface area contributed by atoms with Gasteiger partial charge in [-0.3, -0.25) is 9.78 Å². The highest BCUT2D eigenvalue weighted by Gasteiger charge is 2.14. The molecule has 2 N–H and O–H groups in total. The van der Waals surface area contributed by atoms with Gasteiger partial charge in [0.05, 0.1) is 22.5 Å². The van der Waals surface area contributed by atoms with Gasteiger partial charge >= 0.3 is 0 Å². The number of carbonyl (C=O) groups is 1. The maximum absolute atomic E-state index is 12.5. The fourth-order valence-corrected chi connectivity index (χ4v) is 2.63. The molecule has 0 radical (unpaired) electrons. The van der Waals surface area contributed by atoms with Crippen molar-refractivity contribution in [1.82, 2.24) is 4.98 Å². The van der Waals surface area contributed by atoms with Crippen molar-refractivity contribution in [2.24, 2.45) is 0 Å². The lowest BCUT2D eigenvalue weighted by atomic mass is 10.0. The average molecular weight is 323 g/mol. The molecule has 0 aliphatic heterocycles. The van der Waals surface area contributed by atoms with Crippen LogP contribution < -0.4 is 5.73 Å². The van der Waals surface area contributed by atoms with E-state index >= 15 is 0 Å². The molecule has 114 valence electrons. The summed E-state index contributed by atoms with van der Waals surface area (Å²) in [7, 11) is 0. The van der Waals surface area contributed by atoms with Gasteiger partial charge in [0, 0.05) is 10.4 Å². The second-order valence-corrected chi connectivity index (χ2v) is 5.69. The van der Waals surface area contributed by atoms with Crippen molar-refractivity contribution in [3.63, 3.8) is 0 Å². The highest BCUT2D eigenvalue weighted by molar-refractivity contribution is 6.30. The molecule has 0 aliphatic rings. The summed E-state index contributed by atoms with van der Waals surface area (Å²) >= 11 is 5.85. The van der Waals surface area contributed by atoms with Crippen LogP contribution in [0.2, 0.25) is 5.02 Å². The van der Waals surface area contributed by atoms with E-state index in [-0.39, 0.29) is 5.78 Å². The van der Waals surface area contributed by atoms with Gasteiger partial charge in [0.1, 0.15) is 0 Å². The zero-order chi connectivity index (χ0) is 16.4. The summed E-state index contributed by atoms with van der Waals surface area (Å²) in [5, 5.41) is 1.45. The Morgan fingerprint density at radius 3 is 2.57 bits per heavy atom. The monoisotopic (exact) mass is 322 g/mol. The highest BCUT2D eigenvalue weighted by atomic mass is 35.5. The molecule has 0 saturated carbocycles. The van der Waals surface area contributed by atoms with E-state index < -0.39 is 0 Å². The lowest BCUT2D eigenvalue weighted by Gasteiger charge is -2.09. The van der Waals surface area contributed by atoms with Crippen LogP contribution in [0.4, 0.5) is 5.69 Å². The number of para-hydroxylation sites is 1. The molecule has 4 heteroatoms. The SMILES string of the molecule is Cc1nc2ccccc2c(N)c1C(=O)/C=C/c1ccc(Cl)cc1. The Hall–Kier alpha value is -2.65. The van der Waals surface area contributed by atoms with Crippen LogP contribution >= 0.6 is 11.6 Å². The summed E-state index contributed by atoms with van der Waals surface area (Å²) in [6.07, 6.45) is 3.26. The normalized spacial score (nSPS) is 11.2. The Bertz CT molecular complexity index is 915. The van der Waals surface area contributed by atoms with Crippen molar-refractivity contribution in [3.8, 4) is 0 Å². The number of nitrogen functional groups attached to an aromatic ring is 1. The Labute approximate surface area is 139 Å². The summed E-state index contributed by atoms with van der Waals surface area (Å²) in [6, 6.07) is 14.8. The van der Waals surface area contributed by atoms with Gasteiger partial charge in [-0.1, -0.05) is 48.0 Å². The molecule has 0 atom stereocenters. The predicted octanol–water partition coefficient (Wildman–Crippen LogP) is 4.67. The van der Waals surface area contributed by atoms with Crippen molar-refractivity contribution >= 4 is 40.1 Å². The predicted molar refractivity (Wildman–Crippen MR) is 95.7 cm³/mol. The summed E-state index contributed by atoms with van der Waals surface area (Å²) < 4.78 is 0. The van der Waals surface area contributed by atoms with Gasteiger partial charge in [0.2, 0.25) is 0 Å². The standard InChI is InChI=1S/C19H15ClN2O/c1-12-18(19(21)15-4-2-3-5-16(15)22-12)17(23)11-8-13-6-9-14(20)10-7-13/h2-11H,1H3,(H2,21,22)/b11-8+. The van der Waals surface area contributed by atoms with Crippen LogP contribution in [0.25, 0.3) is 17.0 Å². The van der Waals surface area contributed by atoms with Gasteiger partial charge in [-0.25, -0.2) is 0 Å². The largest absolute Gasteiger partial charge is 0.398 e. The molecule has 0 fully saturated rings. The van der Waals surface area contributed by atoms with Crippen molar-refractivity contribution in [3.05, 3.63) is 76.5 Å². The number of pyridine rings is 1. The number of anilines is 1. The first kappa shape index (κ1) is 15.3. The molecule has 3 aromatic rings. The Kier molecular flexibility index (Phi) is 4.13. The number of aromatic nitrogens is 1. The van der Waals surface area contributed by atoms with Crippen LogP contribution in [-0.4, -0.2) is 10.8 Å². The third-order valence-electron chi connectivity index (χ3n) is 3.66. The van der Waals surface area contributed by atoms with Crippen LogP contribution in [0.1, 0.15) is 21.6 Å². The molecule has 0 aliphatic carbocycles. The van der Waals surface area contributed by atoms with E-state index in [1.807, 2.05) is 36.4 Å². The van der Waals surface area contributed by atoms with Gasteiger partial charge in [0.25, 0.3) is 0 Å². The molecule has 0 saturated heterocycles. The third-order valence-corrected chi connectivity index (χ3v) is 3.91. The molecule has 0 bridgehead atoms. The van der Waals surface area contributed by atoms with Crippen LogP contribution in [0.15, 0.2) is 54.6 Å². The molecule has 2 aromatic carbocycles. The van der Waals surface area contributed by atoms with Crippen molar-refractivity contribution < 1.29 is 4.79 Å². The smallest absolute Gasteiger partial charge is 0.189 e. The molecule has 1 heterocycles. The third kappa shape index (κ3) is 3.10. The van der Waals surface area contributed by atoms with E-state index in [4.69, 9.17) is 17.3 Å². The highest BCUT2D eigenvalue weighted by Crippen LogP contribution is 2.26. The summed E-state index contributed by atoms with van der Waals surface area (Å²) in [5.74, 6) is -0.159. The topological polar surface area (TPSA) is 56.0 Å². The molecule has 3 nitrogen and oxygen atoms in total. The molecular weight excluding hydrogens is 308 g/mol. The maximum atomic E-state index is 12.5. The van der Waals surface area contributed by atoms with Crippen LogP contribution in [0.5, 0.6) is 0 Å². The van der Waals surface area contributed by atoms with Crippen LogP contribution in [-0.2, 0) is 0 Å². The van der Waals surface area contributed by atoms with E-state index in [1.165, 1.54) is 6.08 Å². The molecule has 1 aromatic heterocycles. The molecule has 0 spiro atoms. The number of aryl methyl sites for hydroxylation is 1. The molecular formula is C19H15ClN2O. The number of hydrogen-bond donors (Lipinski definition) is 1. The number of benzene rings is 2. The summed E-state index contributed by atoms with van der Waals surface area (Å²) in [4.78, 5) is 17.0. The Morgan fingerprint density at radius 1 is 1.13 bits per heavy atom. The van der Waals surface area contributed by atoms with E-state index in [0.717, 1.165) is 16.5 Å². The second kappa shape index (κ2) is 6.23. The van der Waals surface area contributed by atoms with Gasteiger partial charge in [-0.05, 0) is 36.8 Å². The lowest BCUT2D eigenvalue weighted by Crippen LogP contribution is -2.06. The number of rotatable bonds is 3. The first-order valence-corrected chi connectivity index (χ1v) is 7.57. The minimum Gasteiger partial charge on any atom is -0.398 e. The summed E-state index contributed by atoms with van der Waals surface area (Å²) in [6.45, 7) is 1.80. The first-order valence-electron chi connectivity index (χ1n) is 7.19. The Balaban J connectivity index is 1.99. The fraction of sp³-hybridized carbons (Fsp3) is 0.0526. The quantitative estimate of drug-likeness (QED) is 0.563. The number of hydrogen-bond acceptors (Lipinski definition) is 3. The van der Waals surface area contributed by atoms with E-state index in [1.54, 1.807) is 25.1 Å². The van der Waals surface area contributed by atoms with Crippen molar-refractivity contribution in [2.75, 3.05) is 5.73 Å². The number of ketones is 1. The van der Waals surface area contributed by atoms with Gasteiger partial charge in [-0.2, -0.15) is 0 Å². The minimum atomic E-state index is -0.159. The van der Waals surface area contributed by atoms with Crippen LogP contribution in [0, 0.1) is 6.92 Å². The molecule has 0 unspecified atom stereocenters. The van der Waals surface area contributed by atoms with Crippen molar-refractivity contribution in [2.45, 2.75) is 6.92 Å². The average Bonchev–Trinajstić information content (AvgIpc) is 2.54. The second-order valence-electron chi connectivity index (χ2n) is 5.25. The molecule has 23 heavy (non-hydrogen) atoms. The maximum Gasteiger partial charge on any atom is 0.189 e. The van der Waals surface area contributed by atoms with E-state index in [9.17, 15) is 4.79 Å². The lowest BCUT2D eigenvalue weighted by molar-refractivity contribution is 0.104.